The van der Waals surface area contributed by atoms with Gasteiger partial charge in [-0.2, -0.15) is 0 Å². The van der Waals surface area contributed by atoms with Gasteiger partial charge in [-0.25, -0.2) is 4.98 Å². The highest BCUT2D eigenvalue weighted by Crippen LogP contribution is 2.38. The van der Waals surface area contributed by atoms with Crippen molar-refractivity contribution >= 4 is 47.2 Å². The van der Waals surface area contributed by atoms with Gasteiger partial charge in [0.2, 0.25) is 0 Å². The molecule has 138 valence electrons. The van der Waals surface area contributed by atoms with Crippen molar-refractivity contribution in [2.75, 3.05) is 30.3 Å². The van der Waals surface area contributed by atoms with Gasteiger partial charge >= 0.3 is 0 Å². The predicted octanol–water partition coefficient (Wildman–Crippen LogP) is 1.69. The van der Waals surface area contributed by atoms with Gasteiger partial charge in [0.15, 0.2) is 12.4 Å². The summed E-state index contributed by atoms with van der Waals surface area (Å²) in [5.74, 6) is 0.700. The minimum Gasteiger partial charge on any atom is -0.480 e. The third-order valence-corrected chi connectivity index (χ3v) is 4.35. The second kappa shape index (κ2) is 7.53. The van der Waals surface area contributed by atoms with E-state index in [0.717, 1.165) is 31.9 Å². The minimum absolute atomic E-state index is 0. The zero-order chi connectivity index (χ0) is 17.4. The Labute approximate surface area is 160 Å². The summed E-state index contributed by atoms with van der Waals surface area (Å²) in [6, 6.07) is 3.20. The number of nitrogens with zero attached hydrogens (tertiary/aromatic N) is 2. The largest absolute Gasteiger partial charge is 0.480 e. The standard InChI is InChI=1S/C16H16ClN5O3.ClH/c17-10-5-9(6-11-15(10)25-8-14(23)21-11)19-16(24)12-7-22-4-3-18-2-1-13(22)20-12;/h5-7,18H,1-4,8H2,(H,19,24)(H,21,23);1H. The van der Waals surface area contributed by atoms with Crippen LogP contribution in [0, 0.1) is 0 Å². The lowest BCUT2D eigenvalue weighted by Gasteiger charge is -2.20. The lowest BCUT2D eigenvalue weighted by molar-refractivity contribution is -0.118. The Morgan fingerprint density at radius 1 is 1.35 bits per heavy atom. The van der Waals surface area contributed by atoms with Gasteiger partial charge in [0.1, 0.15) is 11.5 Å². The fraction of sp³-hybridized carbons (Fsp3) is 0.312. The molecule has 0 atom stereocenters. The Kier molecular flexibility index (Phi) is 5.36. The summed E-state index contributed by atoms with van der Waals surface area (Å²) in [7, 11) is 0. The molecule has 1 aromatic heterocycles. The molecule has 0 saturated carbocycles. The summed E-state index contributed by atoms with van der Waals surface area (Å²) in [4.78, 5) is 28.4. The summed E-state index contributed by atoms with van der Waals surface area (Å²) in [5.41, 5.74) is 1.25. The van der Waals surface area contributed by atoms with Crippen LogP contribution >= 0.6 is 24.0 Å². The monoisotopic (exact) mass is 397 g/mol. The molecule has 8 nitrogen and oxygen atoms in total. The maximum Gasteiger partial charge on any atom is 0.275 e. The molecule has 2 amide bonds. The Morgan fingerprint density at radius 2 is 2.19 bits per heavy atom. The van der Waals surface area contributed by atoms with Crippen LogP contribution in [0.25, 0.3) is 0 Å². The molecular formula is C16H17Cl2N5O3. The molecule has 0 saturated heterocycles. The molecule has 2 aromatic rings. The van der Waals surface area contributed by atoms with Gasteiger partial charge in [0.05, 0.1) is 10.7 Å². The molecule has 0 radical (unpaired) electrons. The summed E-state index contributed by atoms with van der Waals surface area (Å²) in [6.07, 6.45) is 2.53. The van der Waals surface area contributed by atoms with E-state index in [9.17, 15) is 9.59 Å². The van der Waals surface area contributed by atoms with Crippen molar-refractivity contribution in [3.63, 3.8) is 0 Å². The molecule has 0 bridgehead atoms. The van der Waals surface area contributed by atoms with E-state index in [4.69, 9.17) is 16.3 Å². The van der Waals surface area contributed by atoms with Crippen LogP contribution in [0.3, 0.4) is 0 Å². The van der Waals surface area contributed by atoms with Crippen LogP contribution in [0.4, 0.5) is 11.4 Å². The fourth-order valence-electron chi connectivity index (χ4n) is 2.91. The molecule has 0 spiro atoms. The topological polar surface area (TPSA) is 97.3 Å². The summed E-state index contributed by atoms with van der Waals surface area (Å²) in [6.45, 7) is 2.40. The number of hydrogen-bond acceptors (Lipinski definition) is 5. The number of halogens is 2. The number of carbonyl (C=O) groups excluding carboxylic acids is 2. The number of anilines is 2. The van der Waals surface area contributed by atoms with Crippen LogP contribution in [-0.4, -0.2) is 41.1 Å². The van der Waals surface area contributed by atoms with Crippen molar-refractivity contribution in [3.05, 3.63) is 34.9 Å². The van der Waals surface area contributed by atoms with Crippen molar-refractivity contribution in [2.24, 2.45) is 0 Å². The van der Waals surface area contributed by atoms with Crippen molar-refractivity contribution < 1.29 is 14.3 Å². The third kappa shape index (κ3) is 3.62. The highest BCUT2D eigenvalue weighted by Gasteiger charge is 2.21. The SMILES string of the molecule is Cl.O=C1COc2c(Cl)cc(NC(=O)c3cn4c(n3)CCNCC4)cc2N1. The van der Waals surface area contributed by atoms with Crippen LogP contribution in [0.2, 0.25) is 5.02 Å². The number of ether oxygens (including phenoxy) is 1. The van der Waals surface area contributed by atoms with Crippen molar-refractivity contribution in [1.82, 2.24) is 14.9 Å². The van der Waals surface area contributed by atoms with E-state index < -0.39 is 0 Å². The predicted molar refractivity (Wildman–Crippen MR) is 99.6 cm³/mol. The van der Waals surface area contributed by atoms with E-state index in [1.54, 1.807) is 18.3 Å². The maximum absolute atomic E-state index is 12.5. The normalized spacial score (nSPS) is 15.5. The smallest absolute Gasteiger partial charge is 0.275 e. The molecule has 4 rings (SSSR count). The molecule has 2 aliphatic rings. The number of imidazole rings is 1. The second-order valence-corrected chi connectivity index (χ2v) is 6.27. The van der Waals surface area contributed by atoms with Crippen LogP contribution in [0.1, 0.15) is 16.3 Å². The zero-order valence-electron chi connectivity index (χ0n) is 13.7. The van der Waals surface area contributed by atoms with Crippen molar-refractivity contribution in [3.8, 4) is 5.75 Å². The number of hydrogen-bond donors (Lipinski definition) is 3. The number of carbonyl (C=O) groups is 2. The number of aromatic nitrogens is 2. The maximum atomic E-state index is 12.5. The Balaban J connectivity index is 0.00000196. The highest BCUT2D eigenvalue weighted by molar-refractivity contribution is 6.33. The molecule has 3 heterocycles. The number of nitrogens with one attached hydrogen (secondary N) is 3. The van der Waals surface area contributed by atoms with E-state index in [-0.39, 0.29) is 30.8 Å². The zero-order valence-corrected chi connectivity index (χ0v) is 15.2. The average molecular weight is 398 g/mol. The highest BCUT2D eigenvalue weighted by atomic mass is 35.5. The minimum atomic E-state index is -0.326. The van der Waals surface area contributed by atoms with Gasteiger partial charge in [-0.05, 0) is 12.1 Å². The average Bonchev–Trinajstić information content (AvgIpc) is 2.85. The lowest BCUT2D eigenvalue weighted by atomic mass is 10.2. The first-order valence-electron chi connectivity index (χ1n) is 7.94. The van der Waals surface area contributed by atoms with Crippen LogP contribution in [0.5, 0.6) is 5.75 Å². The number of benzene rings is 1. The molecule has 0 fully saturated rings. The molecule has 26 heavy (non-hydrogen) atoms. The summed E-state index contributed by atoms with van der Waals surface area (Å²) in [5, 5.41) is 9.05. The molecule has 0 unspecified atom stereocenters. The van der Waals surface area contributed by atoms with Crippen LogP contribution in [-0.2, 0) is 17.8 Å². The van der Waals surface area contributed by atoms with Gasteiger partial charge in [0, 0.05) is 37.9 Å². The Morgan fingerprint density at radius 3 is 3.04 bits per heavy atom. The van der Waals surface area contributed by atoms with E-state index in [1.807, 2.05) is 4.57 Å². The number of amides is 2. The molecule has 10 heteroatoms. The van der Waals surface area contributed by atoms with E-state index >= 15 is 0 Å². The molecule has 2 aliphatic heterocycles. The molecular weight excluding hydrogens is 381 g/mol. The number of fused-ring (bicyclic) bond motifs is 2. The van der Waals surface area contributed by atoms with Gasteiger partial charge in [-0.3, -0.25) is 9.59 Å². The van der Waals surface area contributed by atoms with E-state index in [1.165, 1.54) is 0 Å². The lowest BCUT2D eigenvalue weighted by Crippen LogP contribution is -2.25. The first kappa shape index (κ1) is 18.5. The van der Waals surface area contributed by atoms with Crippen molar-refractivity contribution in [1.29, 1.82) is 0 Å². The Bertz CT molecular complexity index is 844. The fourth-order valence-corrected chi connectivity index (χ4v) is 3.18. The second-order valence-electron chi connectivity index (χ2n) is 5.86. The first-order chi connectivity index (χ1) is 12.1. The van der Waals surface area contributed by atoms with Gasteiger partial charge in [-0.1, -0.05) is 11.6 Å². The molecule has 1 aromatic carbocycles. The number of rotatable bonds is 2. The van der Waals surface area contributed by atoms with Gasteiger partial charge < -0.3 is 25.3 Å². The Hall–Kier alpha value is -2.29. The third-order valence-electron chi connectivity index (χ3n) is 4.07. The van der Waals surface area contributed by atoms with Gasteiger partial charge in [-0.15, -0.1) is 12.4 Å². The molecule has 3 N–H and O–H groups in total. The summed E-state index contributed by atoms with van der Waals surface area (Å²) >= 11 is 6.17. The van der Waals surface area contributed by atoms with E-state index in [0.29, 0.717) is 27.8 Å². The quantitative estimate of drug-likeness (QED) is 0.716. The van der Waals surface area contributed by atoms with Crippen LogP contribution in [0.15, 0.2) is 18.3 Å². The van der Waals surface area contributed by atoms with Gasteiger partial charge in [0.25, 0.3) is 11.8 Å². The van der Waals surface area contributed by atoms with Crippen LogP contribution < -0.4 is 20.7 Å². The molecule has 0 aliphatic carbocycles. The first-order valence-corrected chi connectivity index (χ1v) is 8.32. The van der Waals surface area contributed by atoms with Crippen molar-refractivity contribution in [2.45, 2.75) is 13.0 Å². The van der Waals surface area contributed by atoms with E-state index in [2.05, 4.69) is 20.9 Å². The summed E-state index contributed by atoms with van der Waals surface area (Å²) < 4.78 is 7.29.